The van der Waals surface area contributed by atoms with E-state index in [9.17, 15) is 4.79 Å². The molecule has 5 nitrogen and oxygen atoms in total. The number of thiocarbonyl (C=S) groups is 1. The Bertz CT molecular complexity index is 429. The smallest absolute Gasteiger partial charge is 0.412 e. The number of alkyl halides is 1. The highest BCUT2D eigenvalue weighted by Gasteiger charge is 2.04. The van der Waals surface area contributed by atoms with Crippen molar-refractivity contribution in [2.75, 3.05) is 24.9 Å². The van der Waals surface area contributed by atoms with Crippen molar-refractivity contribution in [2.24, 2.45) is 0 Å². The highest BCUT2D eigenvalue weighted by Crippen LogP contribution is 2.17. The van der Waals surface area contributed by atoms with Crippen molar-refractivity contribution in [1.82, 2.24) is 5.32 Å². The number of nitrogens with one attached hydrogen (secondary N) is 2. The summed E-state index contributed by atoms with van der Waals surface area (Å²) in [4.78, 5) is 11.3. The van der Waals surface area contributed by atoms with Crippen LogP contribution in [-0.4, -0.2) is 30.8 Å². The highest BCUT2D eigenvalue weighted by atomic mass is 35.5. The van der Waals surface area contributed by atoms with Crippen LogP contribution in [0.2, 0.25) is 0 Å². The number of ether oxygens (including phenoxy) is 2. The predicted molar refractivity (Wildman–Crippen MR) is 74.4 cm³/mol. The van der Waals surface area contributed by atoms with Crippen molar-refractivity contribution in [3.05, 3.63) is 24.3 Å². The van der Waals surface area contributed by atoms with E-state index in [2.05, 4.69) is 10.6 Å². The van der Waals surface area contributed by atoms with Crippen molar-refractivity contribution in [3.8, 4) is 5.75 Å². The molecule has 0 aliphatic rings. The lowest BCUT2D eigenvalue weighted by molar-refractivity contribution is 0.201. The highest BCUT2D eigenvalue weighted by molar-refractivity contribution is 7.80. The Morgan fingerprint density at radius 1 is 1.50 bits per heavy atom. The zero-order chi connectivity index (χ0) is 13.4. The molecule has 1 aromatic rings. The van der Waals surface area contributed by atoms with Crippen LogP contribution >= 0.6 is 23.8 Å². The summed E-state index contributed by atoms with van der Waals surface area (Å²) in [7, 11) is 1.47. The summed E-state index contributed by atoms with van der Waals surface area (Å²) >= 11 is 10.3. The second-order valence-corrected chi connectivity index (χ2v) is 3.90. The Labute approximate surface area is 115 Å². The number of hydrogen-bond acceptors (Lipinski definition) is 4. The van der Waals surface area contributed by atoms with Crippen LogP contribution in [0.25, 0.3) is 0 Å². The van der Waals surface area contributed by atoms with Crippen LogP contribution in [0.1, 0.15) is 0 Å². The zero-order valence-electron chi connectivity index (χ0n) is 9.73. The number of anilines is 1. The average molecular weight is 289 g/mol. The van der Waals surface area contributed by atoms with Crippen molar-refractivity contribution in [2.45, 2.75) is 0 Å². The van der Waals surface area contributed by atoms with Gasteiger partial charge in [-0.3, -0.25) is 0 Å². The molecular weight excluding hydrogens is 276 g/mol. The molecule has 0 aliphatic carbocycles. The molecule has 7 heteroatoms. The molecule has 1 amide bonds. The van der Waals surface area contributed by atoms with E-state index in [-0.39, 0.29) is 5.17 Å². The maximum atomic E-state index is 11.3. The maximum Gasteiger partial charge on any atom is 0.412 e. The first-order chi connectivity index (χ1) is 8.65. The van der Waals surface area contributed by atoms with Gasteiger partial charge < -0.3 is 20.1 Å². The van der Waals surface area contributed by atoms with Gasteiger partial charge >= 0.3 is 6.09 Å². The second kappa shape index (κ2) is 7.73. The van der Waals surface area contributed by atoms with E-state index in [0.29, 0.717) is 23.9 Å². The van der Waals surface area contributed by atoms with Gasteiger partial charge in [0.25, 0.3) is 5.17 Å². The van der Waals surface area contributed by atoms with Crippen molar-refractivity contribution >= 4 is 40.8 Å². The Morgan fingerprint density at radius 3 is 2.94 bits per heavy atom. The molecule has 0 unspecified atom stereocenters. The summed E-state index contributed by atoms with van der Waals surface area (Å²) in [5, 5.41) is 5.55. The van der Waals surface area contributed by atoms with Gasteiger partial charge in [0.2, 0.25) is 0 Å². The number of hydrogen-bond donors (Lipinski definition) is 2. The van der Waals surface area contributed by atoms with E-state index in [0.717, 1.165) is 0 Å². The van der Waals surface area contributed by atoms with Crippen LogP contribution in [0.3, 0.4) is 0 Å². The van der Waals surface area contributed by atoms with Gasteiger partial charge in [0, 0.05) is 24.2 Å². The lowest BCUT2D eigenvalue weighted by Crippen LogP contribution is -2.28. The first-order valence-electron chi connectivity index (χ1n) is 5.12. The van der Waals surface area contributed by atoms with Gasteiger partial charge in [-0.25, -0.2) is 4.79 Å². The van der Waals surface area contributed by atoms with E-state index in [4.69, 9.17) is 33.3 Å². The average Bonchev–Trinajstić information content (AvgIpc) is 2.36. The molecule has 98 valence electrons. The minimum atomic E-state index is -0.554. The maximum absolute atomic E-state index is 11.3. The van der Waals surface area contributed by atoms with Gasteiger partial charge in [-0.2, -0.15) is 0 Å². The molecule has 0 aromatic heterocycles. The molecule has 0 atom stereocenters. The van der Waals surface area contributed by atoms with E-state index >= 15 is 0 Å². The summed E-state index contributed by atoms with van der Waals surface area (Å²) in [6.07, 6.45) is -0.554. The number of carbonyl (C=O) groups is 1. The first kappa shape index (κ1) is 14.5. The molecule has 1 aromatic carbocycles. The van der Waals surface area contributed by atoms with Crippen LogP contribution in [0.15, 0.2) is 24.3 Å². The number of halogens is 1. The van der Waals surface area contributed by atoms with E-state index < -0.39 is 6.09 Å². The normalized spacial score (nSPS) is 9.44. The van der Waals surface area contributed by atoms with E-state index in [1.165, 1.54) is 7.11 Å². The van der Waals surface area contributed by atoms with Crippen LogP contribution in [0.4, 0.5) is 10.5 Å². The van der Waals surface area contributed by atoms with Gasteiger partial charge in [-0.05, 0) is 24.4 Å². The molecule has 0 aliphatic heterocycles. The molecule has 1 rings (SSSR count). The van der Waals surface area contributed by atoms with Crippen LogP contribution in [0.5, 0.6) is 5.75 Å². The lowest BCUT2D eigenvalue weighted by Gasteiger charge is -2.09. The standard InChI is InChI=1S/C11H13ClN2O3S/c1-16-11(18)14-8-3-2-4-9(7-8)17-10(15)13-6-5-12/h2-4,7H,5-6H2,1H3,(H,13,15)(H,14,18). The van der Waals surface area contributed by atoms with E-state index in [1.807, 2.05) is 0 Å². The molecule has 0 radical (unpaired) electrons. The van der Waals surface area contributed by atoms with Gasteiger partial charge in [-0.1, -0.05) is 6.07 Å². The Morgan fingerprint density at radius 2 is 2.28 bits per heavy atom. The summed E-state index contributed by atoms with van der Waals surface area (Å²) in [5.74, 6) is 0.727. The Kier molecular flexibility index (Phi) is 6.24. The molecule has 0 bridgehead atoms. The fourth-order valence-electron chi connectivity index (χ4n) is 1.10. The third kappa shape index (κ3) is 5.20. The number of amides is 1. The summed E-state index contributed by atoms with van der Waals surface area (Å²) in [6, 6.07) is 6.78. The third-order valence-electron chi connectivity index (χ3n) is 1.84. The molecule has 0 spiro atoms. The SMILES string of the molecule is COC(=S)Nc1cccc(OC(=O)NCCCl)c1. The van der Waals surface area contributed by atoms with Crippen molar-refractivity contribution < 1.29 is 14.3 Å². The van der Waals surface area contributed by atoms with Crippen LogP contribution in [0, 0.1) is 0 Å². The Hall–Kier alpha value is -1.53. The van der Waals surface area contributed by atoms with Gasteiger partial charge in [-0.15, -0.1) is 11.6 Å². The molecule has 0 heterocycles. The first-order valence-corrected chi connectivity index (χ1v) is 6.06. The van der Waals surface area contributed by atoms with Gasteiger partial charge in [0.15, 0.2) is 0 Å². The minimum absolute atomic E-state index is 0.235. The molecule has 0 saturated carbocycles. The van der Waals surface area contributed by atoms with Gasteiger partial charge in [0.05, 0.1) is 7.11 Å². The van der Waals surface area contributed by atoms with Crippen LogP contribution < -0.4 is 15.4 Å². The summed E-state index contributed by atoms with van der Waals surface area (Å²) in [6.45, 7) is 0.353. The Balaban J connectivity index is 2.59. The largest absolute Gasteiger partial charge is 0.474 e. The summed E-state index contributed by atoms with van der Waals surface area (Å²) in [5.41, 5.74) is 0.671. The van der Waals surface area contributed by atoms with E-state index in [1.54, 1.807) is 24.3 Å². The number of methoxy groups -OCH3 is 1. The van der Waals surface area contributed by atoms with Crippen molar-refractivity contribution in [3.63, 3.8) is 0 Å². The van der Waals surface area contributed by atoms with Crippen LogP contribution in [-0.2, 0) is 4.74 Å². The fourth-order valence-corrected chi connectivity index (χ4v) is 1.31. The second-order valence-electron chi connectivity index (χ2n) is 3.15. The quantitative estimate of drug-likeness (QED) is 0.658. The third-order valence-corrected chi connectivity index (χ3v) is 2.30. The monoisotopic (exact) mass is 288 g/mol. The topological polar surface area (TPSA) is 59.6 Å². The number of carbonyl (C=O) groups excluding carboxylic acids is 1. The predicted octanol–water partition coefficient (Wildman–Crippen LogP) is 2.36. The van der Waals surface area contributed by atoms with Gasteiger partial charge in [0.1, 0.15) is 5.75 Å². The molecule has 2 N–H and O–H groups in total. The zero-order valence-corrected chi connectivity index (χ0v) is 11.3. The number of rotatable bonds is 4. The molecule has 18 heavy (non-hydrogen) atoms. The summed E-state index contributed by atoms with van der Waals surface area (Å²) < 4.78 is 9.85. The molecule has 0 fully saturated rings. The lowest BCUT2D eigenvalue weighted by atomic mass is 10.3. The number of benzene rings is 1. The minimum Gasteiger partial charge on any atom is -0.474 e. The van der Waals surface area contributed by atoms with Crippen molar-refractivity contribution in [1.29, 1.82) is 0 Å². The fraction of sp³-hybridized carbons (Fsp3) is 0.273. The molecular formula is C11H13ClN2O3S. The molecule has 0 saturated heterocycles.